The molecule has 104 valence electrons. The number of amides is 1. The SMILES string of the molecule is CCCn1nc(C(=O)NCC2(O)CCC2)ccc1=O. The quantitative estimate of drug-likeness (QED) is 0.802. The second kappa shape index (κ2) is 5.52. The van der Waals surface area contributed by atoms with E-state index < -0.39 is 5.60 Å². The van der Waals surface area contributed by atoms with Crippen LogP contribution in [0.25, 0.3) is 0 Å². The van der Waals surface area contributed by atoms with Gasteiger partial charge in [-0.15, -0.1) is 0 Å². The lowest BCUT2D eigenvalue weighted by molar-refractivity contribution is -0.0301. The summed E-state index contributed by atoms with van der Waals surface area (Å²) in [5, 5.41) is 16.6. The lowest BCUT2D eigenvalue weighted by atomic mass is 9.80. The predicted molar refractivity (Wildman–Crippen MR) is 69.9 cm³/mol. The van der Waals surface area contributed by atoms with Gasteiger partial charge in [-0.3, -0.25) is 9.59 Å². The molecule has 0 radical (unpaired) electrons. The average molecular weight is 265 g/mol. The number of carbonyl (C=O) groups excluding carboxylic acids is 1. The van der Waals surface area contributed by atoms with E-state index in [2.05, 4.69) is 10.4 Å². The van der Waals surface area contributed by atoms with E-state index in [0.29, 0.717) is 6.54 Å². The van der Waals surface area contributed by atoms with Crippen LogP contribution >= 0.6 is 0 Å². The number of hydrogen-bond donors (Lipinski definition) is 2. The van der Waals surface area contributed by atoms with Crippen molar-refractivity contribution in [3.05, 3.63) is 28.2 Å². The molecule has 1 aliphatic carbocycles. The monoisotopic (exact) mass is 265 g/mol. The fourth-order valence-electron chi connectivity index (χ4n) is 2.04. The summed E-state index contributed by atoms with van der Waals surface area (Å²) in [6, 6.07) is 2.75. The van der Waals surface area contributed by atoms with Crippen molar-refractivity contribution in [3.8, 4) is 0 Å². The van der Waals surface area contributed by atoms with Gasteiger partial charge in [0.15, 0.2) is 0 Å². The van der Waals surface area contributed by atoms with Crippen LogP contribution in [-0.2, 0) is 6.54 Å². The molecule has 0 spiro atoms. The maximum absolute atomic E-state index is 11.9. The lowest BCUT2D eigenvalue weighted by Crippen LogP contribution is -2.48. The van der Waals surface area contributed by atoms with E-state index in [1.807, 2.05) is 6.92 Å². The van der Waals surface area contributed by atoms with Crippen molar-refractivity contribution in [2.45, 2.75) is 44.8 Å². The van der Waals surface area contributed by atoms with Crippen molar-refractivity contribution in [1.82, 2.24) is 15.1 Å². The van der Waals surface area contributed by atoms with E-state index in [1.54, 1.807) is 0 Å². The molecule has 1 saturated carbocycles. The van der Waals surface area contributed by atoms with Gasteiger partial charge < -0.3 is 10.4 Å². The number of rotatable bonds is 5. The van der Waals surface area contributed by atoms with E-state index in [-0.39, 0.29) is 23.7 Å². The molecule has 2 N–H and O–H groups in total. The summed E-state index contributed by atoms with van der Waals surface area (Å²) < 4.78 is 1.28. The van der Waals surface area contributed by atoms with Gasteiger partial charge in [-0.05, 0) is 31.7 Å². The van der Waals surface area contributed by atoms with Crippen LogP contribution in [0.4, 0.5) is 0 Å². The Kier molecular flexibility index (Phi) is 3.99. The van der Waals surface area contributed by atoms with Crippen molar-refractivity contribution in [2.24, 2.45) is 0 Å². The van der Waals surface area contributed by atoms with Crippen molar-refractivity contribution >= 4 is 5.91 Å². The lowest BCUT2D eigenvalue weighted by Gasteiger charge is -2.36. The molecule has 0 saturated heterocycles. The Balaban J connectivity index is 2.02. The van der Waals surface area contributed by atoms with Gasteiger partial charge in [-0.25, -0.2) is 4.68 Å². The van der Waals surface area contributed by atoms with Crippen LogP contribution in [0.2, 0.25) is 0 Å². The van der Waals surface area contributed by atoms with Crippen molar-refractivity contribution in [2.75, 3.05) is 6.54 Å². The smallest absolute Gasteiger partial charge is 0.271 e. The molecular weight excluding hydrogens is 246 g/mol. The molecule has 1 amide bonds. The fourth-order valence-corrected chi connectivity index (χ4v) is 2.04. The fraction of sp³-hybridized carbons (Fsp3) is 0.615. The van der Waals surface area contributed by atoms with E-state index >= 15 is 0 Å². The highest BCUT2D eigenvalue weighted by Crippen LogP contribution is 2.30. The van der Waals surface area contributed by atoms with E-state index in [4.69, 9.17) is 0 Å². The molecule has 1 aliphatic rings. The summed E-state index contributed by atoms with van der Waals surface area (Å²) in [5.74, 6) is -0.356. The van der Waals surface area contributed by atoms with Crippen LogP contribution in [0.1, 0.15) is 43.1 Å². The average Bonchev–Trinajstić information content (AvgIpc) is 2.36. The van der Waals surface area contributed by atoms with Gasteiger partial charge in [0, 0.05) is 19.2 Å². The molecule has 19 heavy (non-hydrogen) atoms. The Morgan fingerprint density at radius 2 is 2.26 bits per heavy atom. The molecule has 1 fully saturated rings. The van der Waals surface area contributed by atoms with Crippen LogP contribution < -0.4 is 10.9 Å². The first-order valence-electron chi connectivity index (χ1n) is 6.63. The molecule has 6 heteroatoms. The van der Waals surface area contributed by atoms with Gasteiger partial charge in [0.05, 0.1) is 5.60 Å². The van der Waals surface area contributed by atoms with Gasteiger partial charge in [0.1, 0.15) is 5.69 Å². The van der Waals surface area contributed by atoms with E-state index in [9.17, 15) is 14.7 Å². The highest BCUT2D eigenvalue weighted by molar-refractivity contribution is 5.92. The summed E-state index contributed by atoms with van der Waals surface area (Å²) in [7, 11) is 0. The number of aryl methyl sites for hydroxylation is 1. The third-order valence-corrected chi connectivity index (χ3v) is 3.40. The van der Waals surface area contributed by atoms with Crippen LogP contribution in [0.3, 0.4) is 0 Å². The maximum Gasteiger partial charge on any atom is 0.271 e. The Bertz CT molecular complexity index is 520. The Morgan fingerprint density at radius 1 is 1.53 bits per heavy atom. The van der Waals surface area contributed by atoms with Gasteiger partial charge in [0.25, 0.3) is 11.5 Å². The van der Waals surface area contributed by atoms with Crippen molar-refractivity contribution < 1.29 is 9.90 Å². The third-order valence-electron chi connectivity index (χ3n) is 3.40. The molecule has 0 unspecified atom stereocenters. The first kappa shape index (κ1) is 13.7. The zero-order valence-electron chi connectivity index (χ0n) is 11.1. The number of aliphatic hydroxyl groups is 1. The number of aromatic nitrogens is 2. The summed E-state index contributed by atoms with van der Waals surface area (Å²) in [6.45, 7) is 2.66. The largest absolute Gasteiger partial charge is 0.388 e. The van der Waals surface area contributed by atoms with Gasteiger partial charge in [0.2, 0.25) is 0 Å². The highest BCUT2D eigenvalue weighted by atomic mass is 16.3. The molecule has 2 rings (SSSR count). The number of nitrogens with one attached hydrogen (secondary N) is 1. The molecule has 0 aromatic carbocycles. The van der Waals surface area contributed by atoms with Crippen LogP contribution in [0, 0.1) is 0 Å². The van der Waals surface area contributed by atoms with E-state index in [0.717, 1.165) is 25.7 Å². The second-order valence-electron chi connectivity index (χ2n) is 5.04. The minimum absolute atomic E-state index is 0.205. The molecule has 1 aromatic heterocycles. The molecule has 0 atom stereocenters. The zero-order chi connectivity index (χ0) is 13.9. The summed E-state index contributed by atoms with van der Waals surface area (Å²) >= 11 is 0. The maximum atomic E-state index is 11.9. The molecule has 1 aromatic rings. The summed E-state index contributed by atoms with van der Waals surface area (Å²) in [6.07, 6.45) is 3.20. The minimum Gasteiger partial charge on any atom is -0.388 e. The normalized spacial score (nSPS) is 16.7. The standard InChI is InChI=1S/C13H19N3O3/c1-2-8-16-11(17)5-4-10(15-16)12(18)14-9-13(19)6-3-7-13/h4-5,19H,2-3,6-9H2,1H3,(H,14,18). The van der Waals surface area contributed by atoms with E-state index in [1.165, 1.54) is 16.8 Å². The zero-order valence-corrected chi connectivity index (χ0v) is 11.1. The highest BCUT2D eigenvalue weighted by Gasteiger charge is 2.34. The second-order valence-corrected chi connectivity index (χ2v) is 5.04. The van der Waals surface area contributed by atoms with Crippen LogP contribution in [0.5, 0.6) is 0 Å². The summed E-state index contributed by atoms with van der Waals surface area (Å²) in [5.41, 5.74) is -0.764. The minimum atomic E-state index is -0.756. The van der Waals surface area contributed by atoms with Crippen LogP contribution in [-0.4, -0.2) is 32.9 Å². The number of carbonyl (C=O) groups is 1. The summed E-state index contributed by atoms with van der Waals surface area (Å²) in [4.78, 5) is 23.4. The Hall–Kier alpha value is -1.69. The topological polar surface area (TPSA) is 84.2 Å². The predicted octanol–water partition coefficient (Wildman–Crippen LogP) is 0.298. The van der Waals surface area contributed by atoms with Gasteiger partial charge in [-0.2, -0.15) is 5.10 Å². The van der Waals surface area contributed by atoms with Gasteiger partial charge >= 0.3 is 0 Å². The molecule has 1 heterocycles. The Labute approximate surface area is 111 Å². The number of hydrogen-bond acceptors (Lipinski definition) is 4. The first-order valence-corrected chi connectivity index (χ1v) is 6.63. The van der Waals surface area contributed by atoms with Gasteiger partial charge in [-0.1, -0.05) is 6.92 Å². The molecule has 0 aliphatic heterocycles. The number of nitrogens with zero attached hydrogens (tertiary/aromatic N) is 2. The Morgan fingerprint density at radius 3 is 2.84 bits per heavy atom. The first-order chi connectivity index (χ1) is 9.04. The molecule has 0 bridgehead atoms. The van der Waals surface area contributed by atoms with Crippen LogP contribution in [0.15, 0.2) is 16.9 Å². The van der Waals surface area contributed by atoms with Crippen molar-refractivity contribution in [3.63, 3.8) is 0 Å². The molecular formula is C13H19N3O3. The third kappa shape index (κ3) is 3.20. The molecule has 6 nitrogen and oxygen atoms in total. The van der Waals surface area contributed by atoms with Crippen molar-refractivity contribution in [1.29, 1.82) is 0 Å².